The van der Waals surface area contributed by atoms with Crippen molar-refractivity contribution in [2.24, 2.45) is 0 Å². The van der Waals surface area contributed by atoms with Crippen molar-refractivity contribution < 1.29 is 23.8 Å². The molecule has 0 bridgehead atoms. The Bertz CT molecular complexity index is 779. The van der Waals surface area contributed by atoms with Crippen LogP contribution < -0.4 is 10.1 Å². The lowest BCUT2D eigenvalue weighted by atomic mass is 10.1. The molecule has 0 aliphatic heterocycles. The number of benzene rings is 2. The van der Waals surface area contributed by atoms with Gasteiger partial charge in [-0.05, 0) is 30.3 Å². The molecule has 2 aromatic carbocycles. The second kappa shape index (κ2) is 7.79. The number of hydrogen-bond acceptors (Lipinski definition) is 3. The SMILES string of the molecule is CCC(=O)Nc1ccc(OCc2ccc(F)cc2Cl)cc1C(=O)O. The minimum Gasteiger partial charge on any atom is -0.489 e. The molecular weight excluding hydrogens is 337 g/mol. The molecule has 126 valence electrons. The van der Waals surface area contributed by atoms with Crippen molar-refractivity contribution in [1.82, 2.24) is 0 Å². The monoisotopic (exact) mass is 351 g/mol. The van der Waals surface area contributed by atoms with Crippen LogP contribution in [-0.4, -0.2) is 17.0 Å². The molecule has 0 aromatic heterocycles. The molecule has 24 heavy (non-hydrogen) atoms. The van der Waals surface area contributed by atoms with Gasteiger partial charge >= 0.3 is 5.97 Å². The molecule has 5 nitrogen and oxygen atoms in total. The zero-order chi connectivity index (χ0) is 17.7. The van der Waals surface area contributed by atoms with E-state index in [9.17, 15) is 19.1 Å². The number of hydrogen-bond donors (Lipinski definition) is 2. The topological polar surface area (TPSA) is 75.6 Å². The maximum Gasteiger partial charge on any atom is 0.337 e. The van der Waals surface area contributed by atoms with E-state index in [1.807, 2.05) is 0 Å². The number of anilines is 1. The number of halogens is 2. The second-order valence-corrected chi connectivity index (χ2v) is 5.35. The normalized spacial score (nSPS) is 10.3. The minimum atomic E-state index is -1.19. The van der Waals surface area contributed by atoms with Crippen LogP contribution in [0.25, 0.3) is 0 Å². The van der Waals surface area contributed by atoms with Crippen LogP contribution in [-0.2, 0) is 11.4 Å². The first-order valence-corrected chi connectivity index (χ1v) is 7.52. The molecule has 2 rings (SSSR count). The Kier molecular flexibility index (Phi) is 5.76. The second-order valence-electron chi connectivity index (χ2n) is 4.94. The smallest absolute Gasteiger partial charge is 0.337 e. The maximum atomic E-state index is 13.0. The molecule has 0 radical (unpaired) electrons. The van der Waals surface area contributed by atoms with Crippen LogP contribution in [0.3, 0.4) is 0 Å². The van der Waals surface area contributed by atoms with Gasteiger partial charge in [0.25, 0.3) is 0 Å². The fourth-order valence-corrected chi connectivity index (χ4v) is 2.16. The van der Waals surface area contributed by atoms with Crippen molar-refractivity contribution in [3.63, 3.8) is 0 Å². The number of carboxylic acids is 1. The molecule has 0 fully saturated rings. The molecular formula is C17H15ClFNO4. The van der Waals surface area contributed by atoms with Crippen molar-refractivity contribution in [2.75, 3.05) is 5.32 Å². The van der Waals surface area contributed by atoms with Gasteiger partial charge in [-0.2, -0.15) is 0 Å². The third kappa shape index (κ3) is 4.45. The van der Waals surface area contributed by atoms with Gasteiger partial charge in [0.15, 0.2) is 0 Å². The molecule has 1 amide bonds. The van der Waals surface area contributed by atoms with Gasteiger partial charge < -0.3 is 15.2 Å². The van der Waals surface area contributed by atoms with Gasteiger partial charge in [-0.1, -0.05) is 24.6 Å². The summed E-state index contributed by atoms with van der Waals surface area (Å²) < 4.78 is 18.5. The van der Waals surface area contributed by atoms with Gasteiger partial charge in [-0.15, -0.1) is 0 Å². The summed E-state index contributed by atoms with van der Waals surface area (Å²) in [6, 6.07) is 8.23. The van der Waals surface area contributed by atoms with Crippen LogP contribution in [0.15, 0.2) is 36.4 Å². The Hall–Kier alpha value is -2.60. The van der Waals surface area contributed by atoms with Gasteiger partial charge in [0, 0.05) is 12.0 Å². The number of rotatable bonds is 6. The zero-order valence-electron chi connectivity index (χ0n) is 12.8. The number of aromatic carboxylic acids is 1. The van der Waals surface area contributed by atoms with Crippen LogP contribution in [0.2, 0.25) is 5.02 Å². The fourth-order valence-electron chi connectivity index (χ4n) is 1.94. The number of nitrogens with one attached hydrogen (secondary N) is 1. The summed E-state index contributed by atoms with van der Waals surface area (Å²) in [6.45, 7) is 1.72. The Morgan fingerprint density at radius 3 is 2.62 bits per heavy atom. The van der Waals surface area contributed by atoms with E-state index in [-0.39, 0.29) is 35.2 Å². The molecule has 0 heterocycles. The molecule has 0 saturated carbocycles. The van der Waals surface area contributed by atoms with E-state index in [1.165, 1.54) is 36.4 Å². The van der Waals surface area contributed by atoms with E-state index >= 15 is 0 Å². The highest BCUT2D eigenvalue weighted by Crippen LogP contribution is 2.25. The van der Waals surface area contributed by atoms with Crippen molar-refractivity contribution in [3.8, 4) is 5.75 Å². The van der Waals surface area contributed by atoms with Crippen molar-refractivity contribution in [3.05, 3.63) is 58.4 Å². The minimum absolute atomic E-state index is 0.0544. The lowest BCUT2D eigenvalue weighted by molar-refractivity contribution is -0.115. The Balaban J connectivity index is 2.17. The fraction of sp³-hybridized carbons (Fsp3) is 0.176. The summed E-state index contributed by atoms with van der Waals surface area (Å²) in [6.07, 6.45) is 0.236. The first kappa shape index (κ1) is 17.7. The van der Waals surface area contributed by atoms with Crippen LogP contribution in [0.5, 0.6) is 5.75 Å². The number of ether oxygens (including phenoxy) is 1. The van der Waals surface area contributed by atoms with Gasteiger partial charge in [-0.25, -0.2) is 9.18 Å². The molecule has 2 N–H and O–H groups in total. The first-order chi connectivity index (χ1) is 11.4. The predicted molar refractivity (Wildman–Crippen MR) is 88.1 cm³/mol. The summed E-state index contributed by atoms with van der Waals surface area (Å²) in [4.78, 5) is 22.8. The summed E-state index contributed by atoms with van der Waals surface area (Å²) in [5.74, 6) is -1.63. The van der Waals surface area contributed by atoms with E-state index in [0.29, 0.717) is 11.3 Å². The third-order valence-corrected chi connectivity index (χ3v) is 3.58. The Labute approximate surface area is 143 Å². The molecule has 0 aliphatic rings. The van der Waals surface area contributed by atoms with Crippen LogP contribution in [0, 0.1) is 5.82 Å². The predicted octanol–water partition coefficient (Wildman–Crippen LogP) is 4.10. The number of amides is 1. The molecule has 0 unspecified atom stereocenters. The average Bonchev–Trinajstić information content (AvgIpc) is 2.54. The molecule has 0 atom stereocenters. The number of carboxylic acid groups (broad SMARTS) is 1. The van der Waals surface area contributed by atoms with Crippen molar-refractivity contribution in [1.29, 1.82) is 0 Å². The van der Waals surface area contributed by atoms with E-state index in [4.69, 9.17) is 16.3 Å². The van der Waals surface area contributed by atoms with E-state index in [0.717, 1.165) is 0 Å². The average molecular weight is 352 g/mol. The summed E-state index contributed by atoms with van der Waals surface area (Å²) in [5.41, 5.74) is 0.680. The highest BCUT2D eigenvalue weighted by Gasteiger charge is 2.14. The lowest BCUT2D eigenvalue weighted by Crippen LogP contribution is -2.13. The Morgan fingerprint density at radius 1 is 1.25 bits per heavy atom. The van der Waals surface area contributed by atoms with E-state index in [2.05, 4.69) is 5.32 Å². The quantitative estimate of drug-likeness (QED) is 0.821. The third-order valence-electron chi connectivity index (χ3n) is 3.23. The molecule has 0 aliphatic carbocycles. The van der Waals surface area contributed by atoms with Gasteiger partial charge in [0.05, 0.1) is 16.3 Å². The highest BCUT2D eigenvalue weighted by atomic mass is 35.5. The lowest BCUT2D eigenvalue weighted by Gasteiger charge is -2.12. The van der Waals surface area contributed by atoms with Crippen molar-refractivity contribution >= 4 is 29.2 Å². The maximum absolute atomic E-state index is 13.0. The van der Waals surface area contributed by atoms with Crippen LogP contribution in [0.4, 0.5) is 10.1 Å². The van der Waals surface area contributed by atoms with E-state index < -0.39 is 11.8 Å². The summed E-state index contributed by atoms with van der Waals surface area (Å²) in [5, 5.41) is 12.0. The highest BCUT2D eigenvalue weighted by molar-refractivity contribution is 6.31. The molecule has 2 aromatic rings. The van der Waals surface area contributed by atoms with Gasteiger partial charge in [-0.3, -0.25) is 4.79 Å². The number of carbonyl (C=O) groups is 2. The Morgan fingerprint density at radius 2 is 2.00 bits per heavy atom. The first-order valence-electron chi connectivity index (χ1n) is 7.14. The van der Waals surface area contributed by atoms with Gasteiger partial charge in [0.1, 0.15) is 18.2 Å². The summed E-state index contributed by atoms with van der Waals surface area (Å²) >= 11 is 5.91. The standard InChI is InChI=1S/C17H15ClFNO4/c1-2-16(21)20-15-6-5-12(8-13(15)17(22)23)24-9-10-3-4-11(19)7-14(10)18/h3-8H,2,9H2,1H3,(H,20,21)(H,22,23). The molecule has 7 heteroatoms. The summed E-state index contributed by atoms with van der Waals surface area (Å²) in [7, 11) is 0. The van der Waals surface area contributed by atoms with Crippen molar-refractivity contribution in [2.45, 2.75) is 20.0 Å². The zero-order valence-corrected chi connectivity index (χ0v) is 13.6. The van der Waals surface area contributed by atoms with Gasteiger partial charge in [0.2, 0.25) is 5.91 Å². The molecule has 0 spiro atoms. The van der Waals surface area contributed by atoms with E-state index in [1.54, 1.807) is 6.92 Å². The van der Waals surface area contributed by atoms with Crippen LogP contribution >= 0.6 is 11.6 Å². The number of carbonyl (C=O) groups excluding carboxylic acids is 1. The van der Waals surface area contributed by atoms with Crippen LogP contribution in [0.1, 0.15) is 29.3 Å². The molecule has 0 saturated heterocycles. The largest absolute Gasteiger partial charge is 0.489 e.